The number of carboxylic acids is 1. The minimum atomic E-state index is -3.92. The van der Waals surface area contributed by atoms with Gasteiger partial charge in [-0.15, -0.1) is 0 Å². The second-order valence-corrected chi connectivity index (χ2v) is 15.8. The van der Waals surface area contributed by atoms with Gasteiger partial charge >= 0.3 is 5.97 Å². The van der Waals surface area contributed by atoms with Crippen molar-refractivity contribution >= 4 is 33.5 Å². The summed E-state index contributed by atoms with van der Waals surface area (Å²) >= 11 is 0. The van der Waals surface area contributed by atoms with Crippen LogP contribution < -0.4 is 10.6 Å². The second kappa shape index (κ2) is 14.5. The molecule has 1 rings (SSSR count). The van der Waals surface area contributed by atoms with Crippen molar-refractivity contribution in [3.05, 3.63) is 47.5 Å². The molecule has 11 heteroatoms. The highest BCUT2D eigenvalue weighted by Crippen LogP contribution is 2.32. The Morgan fingerprint density at radius 2 is 1.40 bits per heavy atom. The van der Waals surface area contributed by atoms with E-state index in [0.717, 1.165) is 6.26 Å². The van der Waals surface area contributed by atoms with E-state index in [1.807, 2.05) is 13.8 Å². The third-order valence-electron chi connectivity index (χ3n) is 7.72. The van der Waals surface area contributed by atoms with Crippen LogP contribution in [0.5, 0.6) is 0 Å². The lowest BCUT2D eigenvalue weighted by molar-refractivity contribution is -0.141. The molecule has 3 amide bonds. The molecule has 0 bridgehead atoms. The van der Waals surface area contributed by atoms with Crippen LogP contribution in [0.2, 0.25) is 0 Å². The van der Waals surface area contributed by atoms with Gasteiger partial charge in [0.15, 0.2) is 9.84 Å². The summed E-state index contributed by atoms with van der Waals surface area (Å²) in [6, 6.07) is 6.12. The highest BCUT2D eigenvalue weighted by atomic mass is 32.2. The van der Waals surface area contributed by atoms with Crippen LogP contribution in [-0.2, 0) is 34.4 Å². The van der Waals surface area contributed by atoms with E-state index in [0.29, 0.717) is 5.56 Å². The lowest BCUT2D eigenvalue weighted by atomic mass is 9.80. The van der Waals surface area contributed by atoms with E-state index >= 15 is 0 Å². The first-order chi connectivity index (χ1) is 19.4. The first-order valence-corrected chi connectivity index (χ1v) is 16.4. The first kappa shape index (κ1) is 37.8. The van der Waals surface area contributed by atoms with Gasteiger partial charge in [-0.1, -0.05) is 98.7 Å². The Kier molecular flexibility index (Phi) is 12.8. The molecule has 0 spiro atoms. The molecular formula is C32H51N3O7S. The van der Waals surface area contributed by atoms with Gasteiger partial charge in [-0.05, 0) is 29.7 Å². The lowest BCUT2D eigenvalue weighted by Crippen LogP contribution is -2.62. The molecule has 0 heterocycles. The Bertz CT molecular complexity index is 1300. The molecular weight excluding hydrogens is 570 g/mol. The molecule has 3 N–H and O–H groups in total. The number of carbonyl (C=O) groups is 4. The van der Waals surface area contributed by atoms with Gasteiger partial charge in [0.05, 0.1) is 6.04 Å². The van der Waals surface area contributed by atoms with E-state index in [1.165, 1.54) is 17.9 Å². The Balaban J connectivity index is 3.43. The zero-order chi connectivity index (χ0) is 33.7. The topological polar surface area (TPSA) is 150 Å². The molecule has 0 aromatic heterocycles. The highest BCUT2D eigenvalue weighted by molar-refractivity contribution is 7.92. The van der Waals surface area contributed by atoms with Crippen molar-refractivity contribution in [2.75, 3.05) is 13.3 Å². The number of hydrogen-bond acceptors (Lipinski definition) is 6. The number of nitrogens with zero attached hydrogens (tertiary/aromatic N) is 1. The summed E-state index contributed by atoms with van der Waals surface area (Å²) in [5.41, 5.74) is -1.13. The van der Waals surface area contributed by atoms with Crippen LogP contribution in [0.4, 0.5) is 0 Å². The van der Waals surface area contributed by atoms with Crippen molar-refractivity contribution in [3.63, 3.8) is 0 Å². The molecule has 0 unspecified atom stereocenters. The zero-order valence-electron chi connectivity index (χ0n) is 27.7. The molecule has 242 valence electrons. The molecule has 0 fully saturated rings. The number of nitrogens with one attached hydrogen (secondary N) is 2. The summed E-state index contributed by atoms with van der Waals surface area (Å²) < 4.78 is 25.9. The van der Waals surface area contributed by atoms with Gasteiger partial charge in [-0.25, -0.2) is 13.2 Å². The van der Waals surface area contributed by atoms with E-state index < -0.39 is 73.7 Å². The number of amides is 3. The van der Waals surface area contributed by atoms with Crippen LogP contribution in [0.1, 0.15) is 74.8 Å². The van der Waals surface area contributed by atoms with Crippen molar-refractivity contribution in [1.82, 2.24) is 15.5 Å². The van der Waals surface area contributed by atoms with Gasteiger partial charge in [0.1, 0.15) is 17.3 Å². The zero-order valence-corrected chi connectivity index (χ0v) is 28.5. The summed E-state index contributed by atoms with van der Waals surface area (Å²) in [4.78, 5) is 54.1. The lowest BCUT2D eigenvalue weighted by Gasteiger charge is -2.38. The van der Waals surface area contributed by atoms with Crippen LogP contribution in [0.15, 0.2) is 42.0 Å². The summed E-state index contributed by atoms with van der Waals surface area (Å²) in [5, 5.41) is 13.4. The van der Waals surface area contributed by atoms with Crippen LogP contribution >= 0.6 is 0 Å². The SMILES string of the molecule is C/C(=C\[C@H](C(C)C)N(C)C(=O)[C@@H](NC(=O)[C@@H](NC(=O)[C@H](C(C)(C)c1ccccc1)S(C)(=O)=O)C(C)C)C(C)(C)C)C(=O)O. The van der Waals surface area contributed by atoms with Gasteiger partial charge < -0.3 is 20.6 Å². The number of rotatable bonds is 13. The summed E-state index contributed by atoms with van der Waals surface area (Å²) in [5.74, 6) is -3.53. The minimum absolute atomic E-state index is 0.0936. The molecule has 0 aliphatic carbocycles. The minimum Gasteiger partial charge on any atom is -0.478 e. The highest BCUT2D eigenvalue weighted by Gasteiger charge is 2.46. The van der Waals surface area contributed by atoms with Gasteiger partial charge in [0.2, 0.25) is 17.7 Å². The van der Waals surface area contributed by atoms with Crippen molar-refractivity contribution < 1.29 is 32.7 Å². The molecule has 0 saturated carbocycles. The Morgan fingerprint density at radius 3 is 1.79 bits per heavy atom. The fourth-order valence-electron chi connectivity index (χ4n) is 5.15. The average molecular weight is 622 g/mol. The largest absolute Gasteiger partial charge is 0.478 e. The summed E-state index contributed by atoms with van der Waals surface area (Å²) in [7, 11) is -2.36. The number of likely N-dealkylation sites (N-methyl/N-ethyl adjacent to an activating group) is 1. The predicted molar refractivity (Wildman–Crippen MR) is 169 cm³/mol. The molecule has 0 saturated heterocycles. The van der Waals surface area contributed by atoms with Crippen molar-refractivity contribution in [1.29, 1.82) is 0 Å². The maximum atomic E-state index is 13.8. The molecule has 4 atom stereocenters. The maximum Gasteiger partial charge on any atom is 0.331 e. The predicted octanol–water partition coefficient (Wildman–Crippen LogP) is 3.56. The molecule has 0 aliphatic heterocycles. The number of hydrogen-bond donors (Lipinski definition) is 3. The fraction of sp³-hybridized carbons (Fsp3) is 0.625. The van der Waals surface area contributed by atoms with Crippen LogP contribution in [0.25, 0.3) is 0 Å². The van der Waals surface area contributed by atoms with E-state index in [-0.39, 0.29) is 11.5 Å². The molecule has 0 aliphatic rings. The Labute approximate surface area is 257 Å². The summed E-state index contributed by atoms with van der Waals surface area (Å²) in [6.07, 6.45) is 2.52. The van der Waals surface area contributed by atoms with Gasteiger partial charge in [0.25, 0.3) is 0 Å². The van der Waals surface area contributed by atoms with Crippen molar-refractivity contribution in [2.45, 2.75) is 98.0 Å². The first-order valence-electron chi connectivity index (χ1n) is 14.5. The number of carboxylic acid groups (broad SMARTS) is 1. The summed E-state index contributed by atoms with van der Waals surface area (Å²) in [6.45, 7) is 17.3. The fourth-order valence-corrected chi connectivity index (χ4v) is 6.81. The number of aliphatic carboxylic acids is 1. The molecule has 43 heavy (non-hydrogen) atoms. The molecule has 1 aromatic carbocycles. The Hall–Kier alpha value is -3.21. The molecule has 0 radical (unpaired) electrons. The number of carbonyl (C=O) groups excluding carboxylic acids is 3. The van der Waals surface area contributed by atoms with E-state index in [9.17, 15) is 32.7 Å². The Morgan fingerprint density at radius 1 is 0.884 bits per heavy atom. The van der Waals surface area contributed by atoms with E-state index in [1.54, 1.807) is 85.8 Å². The third kappa shape index (κ3) is 9.91. The smallest absolute Gasteiger partial charge is 0.331 e. The van der Waals surface area contributed by atoms with Crippen LogP contribution in [0.3, 0.4) is 0 Å². The second-order valence-electron chi connectivity index (χ2n) is 13.7. The van der Waals surface area contributed by atoms with Crippen LogP contribution in [0, 0.1) is 17.3 Å². The maximum absolute atomic E-state index is 13.8. The molecule has 1 aromatic rings. The van der Waals surface area contributed by atoms with Gasteiger partial charge in [-0.3, -0.25) is 14.4 Å². The number of benzene rings is 1. The normalized spacial score (nSPS) is 15.8. The van der Waals surface area contributed by atoms with Crippen molar-refractivity contribution in [2.24, 2.45) is 17.3 Å². The molecule has 10 nitrogen and oxygen atoms in total. The average Bonchev–Trinajstić information content (AvgIpc) is 2.86. The standard InChI is InChI=1S/C32H51N3O7S/c1-19(2)23(18-21(5)30(39)40)35(11)29(38)25(31(6,7)8)34-27(36)24(20(3)4)33-28(37)26(43(12,41)42)32(9,10)22-16-14-13-15-17-22/h13-20,23-26H,1-12H3,(H,33,37)(H,34,36)(H,39,40)/b21-18+/t23-,24+,25-,26-/m1/s1. The van der Waals surface area contributed by atoms with Crippen molar-refractivity contribution in [3.8, 4) is 0 Å². The third-order valence-corrected chi connectivity index (χ3v) is 9.38. The quantitative estimate of drug-likeness (QED) is 0.285. The number of sulfone groups is 1. The van der Waals surface area contributed by atoms with Crippen LogP contribution in [-0.4, -0.2) is 78.8 Å². The van der Waals surface area contributed by atoms with Gasteiger partial charge in [-0.2, -0.15) is 0 Å². The van der Waals surface area contributed by atoms with E-state index in [2.05, 4.69) is 10.6 Å². The van der Waals surface area contributed by atoms with Gasteiger partial charge in [0, 0.05) is 24.3 Å². The monoisotopic (exact) mass is 621 g/mol. The van der Waals surface area contributed by atoms with E-state index in [4.69, 9.17) is 0 Å².